The van der Waals surface area contributed by atoms with Crippen molar-refractivity contribution in [3.8, 4) is 11.6 Å². The van der Waals surface area contributed by atoms with E-state index in [0.29, 0.717) is 47.2 Å². The van der Waals surface area contributed by atoms with Gasteiger partial charge in [-0.15, -0.1) is 0 Å². The lowest BCUT2D eigenvalue weighted by Gasteiger charge is -2.31. The van der Waals surface area contributed by atoms with E-state index in [0.717, 1.165) is 24.6 Å². The maximum absolute atomic E-state index is 13.7. The molecule has 1 saturated carbocycles. The minimum Gasteiger partial charge on any atom is -0.477 e. The van der Waals surface area contributed by atoms with Gasteiger partial charge in [0.05, 0.1) is 12.2 Å². The van der Waals surface area contributed by atoms with Crippen LogP contribution in [0.3, 0.4) is 0 Å². The molecular weight excluding hydrogens is 504 g/mol. The fourth-order valence-electron chi connectivity index (χ4n) is 4.49. The highest BCUT2D eigenvalue weighted by Gasteiger charge is 2.43. The molecule has 1 aromatic carbocycles. The Bertz CT molecular complexity index is 1310. The minimum atomic E-state index is -3.96. The molecule has 2 aliphatic carbocycles. The highest BCUT2D eigenvalue weighted by molar-refractivity contribution is 7.89. The van der Waals surface area contributed by atoms with E-state index in [1.165, 1.54) is 17.5 Å². The maximum atomic E-state index is 13.7. The second-order valence-electron chi connectivity index (χ2n) is 9.50. The second kappa shape index (κ2) is 10.3. The van der Waals surface area contributed by atoms with Crippen LogP contribution in [0.2, 0.25) is 5.02 Å². The normalized spacial score (nSPS) is 19.3. The summed E-state index contributed by atoms with van der Waals surface area (Å²) in [6.45, 7) is 1.89. The van der Waals surface area contributed by atoms with Crippen molar-refractivity contribution in [3.05, 3.63) is 58.4 Å². The van der Waals surface area contributed by atoms with Crippen LogP contribution in [0.4, 0.5) is 0 Å². The molecule has 1 aromatic heterocycles. The Kier molecular flexibility index (Phi) is 7.51. The summed E-state index contributed by atoms with van der Waals surface area (Å²) >= 11 is 5.97. The first-order chi connectivity index (χ1) is 17.0. The van der Waals surface area contributed by atoms with Gasteiger partial charge >= 0.3 is 5.97 Å². The van der Waals surface area contributed by atoms with E-state index in [4.69, 9.17) is 26.9 Å². The van der Waals surface area contributed by atoms with E-state index in [9.17, 15) is 13.2 Å². The average molecular weight is 534 g/mol. The summed E-state index contributed by atoms with van der Waals surface area (Å²) in [6, 6.07) is 7.97. The highest BCUT2D eigenvalue weighted by atomic mass is 35.5. The second-order valence-corrected chi connectivity index (χ2v) is 11.9. The lowest BCUT2D eigenvalue weighted by atomic mass is 9.92. The molecule has 0 spiro atoms. The number of aliphatic carboxylic acids is 1. The number of hydrogen-bond acceptors (Lipinski definition) is 6. The molecule has 1 fully saturated rings. The molecule has 1 heterocycles. The molecule has 2 aromatic rings. The van der Waals surface area contributed by atoms with Gasteiger partial charge in [0, 0.05) is 35.8 Å². The van der Waals surface area contributed by atoms with Crippen molar-refractivity contribution in [3.63, 3.8) is 0 Å². The number of hydrogen-bond donors (Lipinski definition) is 3. The van der Waals surface area contributed by atoms with Crippen LogP contribution >= 0.6 is 11.6 Å². The first-order valence-corrected chi connectivity index (χ1v) is 13.6. The Morgan fingerprint density at radius 2 is 2.06 bits per heavy atom. The van der Waals surface area contributed by atoms with Gasteiger partial charge < -0.3 is 20.6 Å². The van der Waals surface area contributed by atoms with Crippen molar-refractivity contribution in [2.75, 3.05) is 13.6 Å². The number of benzene rings is 1. The van der Waals surface area contributed by atoms with Crippen LogP contribution in [0, 0.1) is 5.41 Å². The number of sulfonamides is 1. The Balaban J connectivity index is 1.66. The number of aromatic nitrogens is 1. The van der Waals surface area contributed by atoms with Crippen molar-refractivity contribution >= 4 is 33.8 Å². The third-order valence-electron chi connectivity index (χ3n) is 6.95. The zero-order chi connectivity index (χ0) is 26.1. The van der Waals surface area contributed by atoms with E-state index in [2.05, 4.69) is 11.9 Å². The number of ether oxygens (including phenoxy) is 1. The molecule has 192 valence electrons. The molecule has 9 nitrogen and oxygen atoms in total. The lowest BCUT2D eigenvalue weighted by molar-refractivity contribution is -0.599. The predicted octanol–water partition coefficient (Wildman–Crippen LogP) is 3.30. The van der Waals surface area contributed by atoms with Gasteiger partial charge in [-0.3, -0.25) is 0 Å². The number of quaternary nitrogens is 1. The third kappa shape index (κ3) is 5.46. The number of carboxylic acid groups (broad SMARTS) is 1. The lowest BCUT2D eigenvalue weighted by Crippen LogP contribution is -2.84. The molecule has 0 bridgehead atoms. The van der Waals surface area contributed by atoms with Crippen LogP contribution in [-0.4, -0.2) is 54.6 Å². The number of carboxylic acids is 1. The quantitative estimate of drug-likeness (QED) is 0.401. The highest BCUT2D eigenvalue weighted by Crippen LogP contribution is 2.51. The Labute approximate surface area is 215 Å². The van der Waals surface area contributed by atoms with E-state index in [-0.39, 0.29) is 16.9 Å². The topological polar surface area (TPSA) is 137 Å². The Morgan fingerprint density at radius 3 is 2.67 bits per heavy atom. The predicted molar refractivity (Wildman–Crippen MR) is 135 cm³/mol. The van der Waals surface area contributed by atoms with Crippen molar-refractivity contribution in [2.45, 2.75) is 55.4 Å². The molecule has 0 amide bonds. The maximum Gasteiger partial charge on any atom is 0.359 e. The zero-order valence-corrected chi connectivity index (χ0v) is 21.8. The van der Waals surface area contributed by atoms with Gasteiger partial charge in [-0.05, 0) is 61.4 Å². The smallest absolute Gasteiger partial charge is 0.359 e. The molecule has 1 unspecified atom stereocenters. The SMILES string of the molecule is CN(C1CCCC([NH2+]CC(=O)O)=C1C=N)S(=O)(=O)c1cnc(Oc2ccc(Cl)cc2)c(C2(C)CC2)c1. The number of nitrogens with zero attached hydrogens (tertiary/aromatic N) is 2. The van der Waals surface area contributed by atoms with Gasteiger partial charge in [0.1, 0.15) is 16.3 Å². The number of nitrogens with two attached hydrogens (primary N) is 1. The number of halogens is 1. The largest absolute Gasteiger partial charge is 0.477 e. The monoisotopic (exact) mass is 533 g/mol. The molecule has 2 aliphatic rings. The number of likely N-dealkylation sites (N-methyl/N-ethyl adjacent to an activating group) is 1. The van der Waals surface area contributed by atoms with E-state index in [1.54, 1.807) is 35.6 Å². The van der Waals surface area contributed by atoms with E-state index < -0.39 is 22.0 Å². The van der Waals surface area contributed by atoms with Gasteiger partial charge in [0.15, 0.2) is 6.54 Å². The molecule has 0 saturated heterocycles. The summed E-state index contributed by atoms with van der Waals surface area (Å²) in [5.74, 6) is -0.0523. The molecule has 11 heteroatoms. The standard InChI is InChI=1S/C25H29ClN4O5S/c1-25(10-11-25)20-12-18(14-29-24(20)35-17-8-6-16(26)7-9-17)36(33,34)30(2)22-5-3-4-21(19(22)13-27)28-15-23(31)32/h6-9,12-14,22,27-28H,3-5,10-11,15H2,1-2H3,(H,31,32)/p+1. The Hall–Kier alpha value is -2.79. The van der Waals surface area contributed by atoms with Gasteiger partial charge in [-0.2, -0.15) is 4.31 Å². The number of nitrogens with one attached hydrogen (secondary N) is 1. The fourth-order valence-corrected chi connectivity index (χ4v) is 5.95. The van der Waals surface area contributed by atoms with Crippen molar-refractivity contribution in [2.24, 2.45) is 0 Å². The van der Waals surface area contributed by atoms with Crippen molar-refractivity contribution < 1.29 is 28.4 Å². The molecule has 36 heavy (non-hydrogen) atoms. The van der Waals surface area contributed by atoms with E-state index >= 15 is 0 Å². The van der Waals surface area contributed by atoms with Crippen LogP contribution in [0.1, 0.15) is 44.6 Å². The zero-order valence-electron chi connectivity index (χ0n) is 20.2. The van der Waals surface area contributed by atoms with Crippen molar-refractivity contribution in [1.82, 2.24) is 9.29 Å². The van der Waals surface area contributed by atoms with E-state index in [1.807, 2.05) is 0 Å². The van der Waals surface area contributed by atoms with Crippen LogP contribution in [0.15, 0.2) is 52.7 Å². The molecule has 4 N–H and O–H groups in total. The number of pyridine rings is 1. The summed E-state index contributed by atoms with van der Waals surface area (Å²) in [6.07, 6.45) is 6.10. The summed E-state index contributed by atoms with van der Waals surface area (Å²) in [5, 5.41) is 19.1. The molecule has 4 rings (SSSR count). The summed E-state index contributed by atoms with van der Waals surface area (Å²) in [7, 11) is -2.46. The first-order valence-electron chi connectivity index (χ1n) is 11.8. The molecule has 0 aliphatic heterocycles. The molecule has 0 radical (unpaired) electrons. The first kappa shape index (κ1) is 26.3. The van der Waals surface area contributed by atoms with Crippen LogP contribution in [0.25, 0.3) is 0 Å². The van der Waals surface area contributed by atoms with Gasteiger partial charge in [0.25, 0.3) is 0 Å². The number of rotatable bonds is 10. The van der Waals surface area contributed by atoms with Crippen LogP contribution < -0.4 is 10.1 Å². The average Bonchev–Trinajstić information content (AvgIpc) is 3.61. The van der Waals surface area contributed by atoms with Gasteiger partial charge in [-0.1, -0.05) is 18.5 Å². The third-order valence-corrected chi connectivity index (χ3v) is 9.04. The summed E-state index contributed by atoms with van der Waals surface area (Å²) in [4.78, 5) is 15.5. The van der Waals surface area contributed by atoms with Crippen molar-refractivity contribution in [1.29, 1.82) is 5.41 Å². The Morgan fingerprint density at radius 1 is 1.36 bits per heavy atom. The van der Waals surface area contributed by atoms with Gasteiger partial charge in [-0.25, -0.2) is 18.2 Å². The van der Waals surface area contributed by atoms with Crippen LogP contribution in [0.5, 0.6) is 11.6 Å². The fraction of sp³-hybridized carbons (Fsp3) is 0.400. The number of carbonyl (C=O) groups is 1. The van der Waals surface area contributed by atoms with Gasteiger partial charge in [0.2, 0.25) is 15.9 Å². The minimum absolute atomic E-state index is 0.0579. The summed E-state index contributed by atoms with van der Waals surface area (Å²) in [5.41, 5.74) is 1.75. The summed E-state index contributed by atoms with van der Waals surface area (Å²) < 4.78 is 34.7. The number of allylic oxidation sites excluding steroid dienone is 1. The van der Waals surface area contributed by atoms with Crippen LogP contribution in [-0.2, 0) is 20.2 Å². The molecule has 1 atom stereocenters. The molecular formula is C25H30ClN4O5S+.